The molecule has 0 radical (unpaired) electrons. The molecule has 0 fully saturated rings. The quantitative estimate of drug-likeness (QED) is 0.753. The fraction of sp³-hybridized carbons (Fsp3) is 0.500. The first-order chi connectivity index (χ1) is 9.58. The first-order valence-corrected chi connectivity index (χ1v) is 9.80. The Balaban J connectivity index is 2.90. The Morgan fingerprint density at radius 2 is 1.67 bits per heavy atom. The smallest absolute Gasteiger partial charge is 0.242 e. The second-order valence-corrected chi connectivity index (χ2v) is 9.18. The Bertz CT molecular complexity index is 670. The normalized spacial score (nSPS) is 14.1. The lowest BCUT2D eigenvalue weighted by Gasteiger charge is -2.13. The zero-order valence-electron chi connectivity index (χ0n) is 12.1. The summed E-state index contributed by atoms with van der Waals surface area (Å²) in [5.41, 5.74) is 0.314. The second kappa shape index (κ2) is 6.95. The molecule has 0 saturated heterocycles. The summed E-state index contributed by atoms with van der Waals surface area (Å²) in [6.45, 7) is 1.74. The molecule has 0 aromatic heterocycles. The number of benzene rings is 1. The molecular weight excluding hydrogens is 336 g/mol. The molecule has 1 rings (SSSR count). The van der Waals surface area contributed by atoms with Gasteiger partial charge in [0.15, 0.2) is 0 Å². The van der Waals surface area contributed by atoms with E-state index in [0.717, 1.165) is 4.31 Å². The van der Waals surface area contributed by atoms with Crippen molar-refractivity contribution in [1.29, 1.82) is 0 Å². The van der Waals surface area contributed by atoms with Crippen molar-refractivity contribution in [3.8, 4) is 0 Å². The molecule has 0 aliphatic heterocycles. The van der Waals surface area contributed by atoms with Crippen LogP contribution in [0.1, 0.15) is 6.92 Å². The Morgan fingerprint density at radius 1 is 1.14 bits per heavy atom. The summed E-state index contributed by atoms with van der Waals surface area (Å²) in [5, 5.41) is 0. The minimum Gasteiger partial charge on any atom is -0.284 e. The van der Waals surface area contributed by atoms with Gasteiger partial charge >= 0.3 is 0 Å². The molecule has 6 nitrogen and oxygen atoms in total. The lowest BCUT2D eigenvalue weighted by Crippen LogP contribution is -2.23. The highest BCUT2D eigenvalue weighted by Crippen LogP contribution is 2.18. The number of alkyl halides is 1. The van der Waals surface area contributed by atoms with Crippen LogP contribution in [0.25, 0.3) is 0 Å². The van der Waals surface area contributed by atoms with Gasteiger partial charge in [-0.3, -0.25) is 4.72 Å². The Hall–Kier alpha value is -0.830. The lowest BCUT2D eigenvalue weighted by atomic mass is 10.3. The standard InChI is InChI=1S/C12H19ClN2O4S2/c1-10(8-13)9-20(16,17)14-11-4-6-12(7-5-11)21(18,19)15(2)3/h4-7,10,14H,8-9H2,1-3H3. The highest BCUT2D eigenvalue weighted by atomic mass is 35.5. The molecule has 0 bridgehead atoms. The Kier molecular flexibility index (Phi) is 6.03. The van der Waals surface area contributed by atoms with Crippen LogP contribution in [0, 0.1) is 5.92 Å². The molecule has 0 aliphatic carbocycles. The van der Waals surface area contributed by atoms with E-state index >= 15 is 0 Å². The van der Waals surface area contributed by atoms with Gasteiger partial charge in [0.25, 0.3) is 0 Å². The average molecular weight is 355 g/mol. The number of anilines is 1. The highest BCUT2D eigenvalue weighted by Gasteiger charge is 2.18. The SMILES string of the molecule is CC(CCl)CS(=O)(=O)Nc1ccc(S(=O)(=O)N(C)C)cc1. The van der Waals surface area contributed by atoms with E-state index in [1.165, 1.54) is 38.4 Å². The van der Waals surface area contributed by atoms with Gasteiger partial charge in [0.2, 0.25) is 20.0 Å². The molecule has 1 aromatic rings. The van der Waals surface area contributed by atoms with E-state index in [1.54, 1.807) is 6.92 Å². The van der Waals surface area contributed by atoms with Crippen LogP contribution in [0.2, 0.25) is 0 Å². The van der Waals surface area contributed by atoms with Gasteiger partial charge in [0.05, 0.1) is 10.6 Å². The minimum atomic E-state index is -3.52. The van der Waals surface area contributed by atoms with Crippen molar-refractivity contribution in [1.82, 2.24) is 4.31 Å². The lowest BCUT2D eigenvalue weighted by molar-refractivity contribution is 0.521. The van der Waals surface area contributed by atoms with E-state index in [2.05, 4.69) is 4.72 Å². The highest BCUT2D eigenvalue weighted by molar-refractivity contribution is 7.92. The fourth-order valence-corrected chi connectivity index (χ4v) is 4.13. The van der Waals surface area contributed by atoms with Crippen molar-refractivity contribution in [3.05, 3.63) is 24.3 Å². The van der Waals surface area contributed by atoms with Gasteiger partial charge in [-0.25, -0.2) is 21.1 Å². The first-order valence-electron chi connectivity index (χ1n) is 6.17. The fourth-order valence-electron chi connectivity index (χ4n) is 1.55. The number of halogens is 1. The average Bonchev–Trinajstić information content (AvgIpc) is 2.37. The molecular formula is C12H19ClN2O4S2. The summed E-state index contributed by atoms with van der Waals surface area (Å²) < 4.78 is 51.0. The molecule has 1 aromatic carbocycles. The number of rotatable bonds is 7. The van der Waals surface area contributed by atoms with Crippen LogP contribution in [-0.2, 0) is 20.0 Å². The van der Waals surface area contributed by atoms with Gasteiger partial charge < -0.3 is 0 Å². The van der Waals surface area contributed by atoms with Crippen LogP contribution in [0.5, 0.6) is 0 Å². The largest absolute Gasteiger partial charge is 0.284 e. The van der Waals surface area contributed by atoms with Crippen molar-refractivity contribution >= 4 is 37.3 Å². The molecule has 0 saturated carbocycles. The maximum Gasteiger partial charge on any atom is 0.242 e. The summed E-state index contributed by atoms with van der Waals surface area (Å²) >= 11 is 5.60. The van der Waals surface area contributed by atoms with Crippen molar-refractivity contribution in [2.75, 3.05) is 30.5 Å². The van der Waals surface area contributed by atoms with E-state index in [0.29, 0.717) is 5.69 Å². The predicted molar refractivity (Wildman–Crippen MR) is 84.6 cm³/mol. The van der Waals surface area contributed by atoms with E-state index in [9.17, 15) is 16.8 Å². The number of nitrogens with one attached hydrogen (secondary N) is 1. The third-order valence-corrected chi connectivity index (χ3v) is 6.58. The summed E-state index contributed by atoms with van der Waals surface area (Å²) in [6, 6.07) is 5.55. The second-order valence-electron chi connectivity index (χ2n) is 4.95. The number of hydrogen-bond acceptors (Lipinski definition) is 4. The van der Waals surface area contributed by atoms with Crippen LogP contribution < -0.4 is 4.72 Å². The molecule has 0 heterocycles. The first kappa shape index (κ1) is 18.2. The van der Waals surface area contributed by atoms with Crippen LogP contribution in [-0.4, -0.2) is 46.9 Å². The monoisotopic (exact) mass is 354 g/mol. The van der Waals surface area contributed by atoms with Crippen molar-refractivity contribution in [3.63, 3.8) is 0 Å². The molecule has 1 N–H and O–H groups in total. The summed E-state index contributed by atoms with van der Waals surface area (Å²) in [7, 11) is -4.17. The summed E-state index contributed by atoms with van der Waals surface area (Å²) in [6.07, 6.45) is 0. The molecule has 21 heavy (non-hydrogen) atoms. The molecule has 9 heteroatoms. The topological polar surface area (TPSA) is 83.5 Å². The Morgan fingerprint density at radius 3 is 2.10 bits per heavy atom. The predicted octanol–water partition coefficient (Wildman–Crippen LogP) is 1.55. The minimum absolute atomic E-state index is 0.0890. The molecule has 0 aliphatic rings. The van der Waals surface area contributed by atoms with Gasteiger partial charge in [0, 0.05) is 25.7 Å². The van der Waals surface area contributed by atoms with Gasteiger partial charge in [0.1, 0.15) is 0 Å². The maximum atomic E-state index is 11.9. The number of nitrogens with zero attached hydrogens (tertiary/aromatic N) is 1. The van der Waals surface area contributed by atoms with Crippen LogP contribution >= 0.6 is 11.6 Å². The zero-order chi connectivity index (χ0) is 16.3. The third kappa shape index (κ3) is 5.14. The van der Waals surface area contributed by atoms with E-state index < -0.39 is 20.0 Å². The van der Waals surface area contributed by atoms with Gasteiger partial charge in [-0.05, 0) is 30.2 Å². The van der Waals surface area contributed by atoms with E-state index in [1.807, 2.05) is 0 Å². The summed E-state index contributed by atoms with van der Waals surface area (Å²) in [4.78, 5) is 0.101. The zero-order valence-corrected chi connectivity index (χ0v) is 14.5. The van der Waals surface area contributed by atoms with Crippen molar-refractivity contribution < 1.29 is 16.8 Å². The maximum absolute atomic E-state index is 11.9. The van der Waals surface area contributed by atoms with Crippen molar-refractivity contribution in [2.45, 2.75) is 11.8 Å². The van der Waals surface area contributed by atoms with Crippen LogP contribution in [0.4, 0.5) is 5.69 Å². The number of sulfonamides is 2. The molecule has 120 valence electrons. The molecule has 1 atom stereocenters. The molecule has 1 unspecified atom stereocenters. The summed E-state index contributed by atoms with van der Waals surface area (Å²) in [5.74, 6) is -0.00705. The van der Waals surface area contributed by atoms with E-state index in [-0.39, 0.29) is 22.4 Å². The van der Waals surface area contributed by atoms with Crippen LogP contribution in [0.3, 0.4) is 0 Å². The van der Waals surface area contributed by atoms with Gasteiger partial charge in [-0.15, -0.1) is 11.6 Å². The molecule has 0 spiro atoms. The van der Waals surface area contributed by atoms with Gasteiger partial charge in [-0.2, -0.15) is 0 Å². The third-order valence-electron chi connectivity index (χ3n) is 2.67. The van der Waals surface area contributed by atoms with Crippen LogP contribution in [0.15, 0.2) is 29.2 Å². The Labute approximate surface area is 131 Å². The molecule has 0 amide bonds. The van der Waals surface area contributed by atoms with Gasteiger partial charge in [-0.1, -0.05) is 6.92 Å². The van der Waals surface area contributed by atoms with E-state index in [4.69, 9.17) is 11.6 Å². The number of hydrogen-bond donors (Lipinski definition) is 1. The van der Waals surface area contributed by atoms with Crippen molar-refractivity contribution in [2.24, 2.45) is 5.92 Å².